The van der Waals surface area contributed by atoms with Gasteiger partial charge in [0, 0.05) is 22.4 Å². The van der Waals surface area contributed by atoms with Crippen LogP contribution >= 0.6 is 0 Å². The zero-order valence-electron chi connectivity index (χ0n) is 10.7. The van der Waals surface area contributed by atoms with Crippen LogP contribution in [0.2, 0.25) is 0 Å². The van der Waals surface area contributed by atoms with Crippen LogP contribution < -0.4 is 9.82 Å². The lowest BCUT2D eigenvalue weighted by atomic mass is 9.93. The van der Waals surface area contributed by atoms with Crippen molar-refractivity contribution in [1.82, 2.24) is 24.5 Å². The summed E-state index contributed by atoms with van der Waals surface area (Å²) in [4.78, 5) is 0. The summed E-state index contributed by atoms with van der Waals surface area (Å²) in [5, 5.41) is 12.4. The van der Waals surface area contributed by atoms with Crippen molar-refractivity contribution in [1.29, 1.82) is 0 Å². The summed E-state index contributed by atoms with van der Waals surface area (Å²) in [6.07, 6.45) is 0. The van der Waals surface area contributed by atoms with Gasteiger partial charge in [-0.25, -0.2) is 4.72 Å². The van der Waals surface area contributed by atoms with Gasteiger partial charge in [0.1, 0.15) is 0 Å². The van der Waals surface area contributed by atoms with Crippen LogP contribution in [0.4, 0.5) is 0 Å². The Morgan fingerprint density at radius 1 is 1.56 bits per heavy atom. The van der Waals surface area contributed by atoms with Gasteiger partial charge in [0.05, 0.1) is 11.9 Å². The van der Waals surface area contributed by atoms with Crippen LogP contribution in [0.5, 0.6) is 0 Å². The molecule has 8 heteroatoms. The number of hydrogen-bond acceptors (Lipinski definition) is 4. The van der Waals surface area contributed by atoms with Crippen LogP contribution in [-0.4, -0.2) is 23.5 Å². The molecule has 0 aliphatic carbocycles. The van der Waals surface area contributed by atoms with Gasteiger partial charge in [-0.05, 0) is 18.6 Å². The fourth-order valence-electron chi connectivity index (χ4n) is 1.59. The summed E-state index contributed by atoms with van der Waals surface area (Å²) in [7, 11) is 0. The maximum atomic E-state index is 10.6. The van der Waals surface area contributed by atoms with Gasteiger partial charge in [-0.1, -0.05) is 20.8 Å². The minimum absolute atomic E-state index is 0.0873. The van der Waals surface area contributed by atoms with Crippen LogP contribution in [-0.2, 0) is 16.7 Å². The van der Waals surface area contributed by atoms with Gasteiger partial charge in [0.25, 0.3) is 0 Å². The maximum Gasteiger partial charge on any atom is 0.0615 e. The fourth-order valence-corrected chi connectivity index (χ4v) is 1.98. The normalized spacial score (nSPS) is 16.1. The van der Waals surface area contributed by atoms with E-state index in [4.69, 9.17) is 0 Å². The van der Waals surface area contributed by atoms with E-state index in [1.807, 2.05) is 6.07 Å². The minimum Gasteiger partial charge on any atom is -0.760 e. The Morgan fingerprint density at radius 2 is 2.22 bits per heavy atom. The first-order chi connectivity index (χ1) is 8.29. The lowest BCUT2D eigenvalue weighted by Gasteiger charge is -2.18. The maximum absolute atomic E-state index is 10.6. The molecule has 0 radical (unpaired) electrons. The highest BCUT2D eigenvalue weighted by Gasteiger charge is 2.17. The predicted octanol–water partition coefficient (Wildman–Crippen LogP) is 0.429. The monoisotopic (exact) mass is 269 g/mol. The van der Waals surface area contributed by atoms with Crippen LogP contribution in [0.15, 0.2) is 6.07 Å². The Labute approximate surface area is 107 Å². The second-order valence-corrected chi connectivity index (χ2v) is 5.89. The topological polar surface area (TPSA) is 96.5 Å². The Kier molecular flexibility index (Phi) is 3.26. The number of fused-ring (bicyclic) bond motifs is 1. The van der Waals surface area contributed by atoms with Crippen molar-refractivity contribution in [3.05, 3.63) is 17.6 Å². The van der Waals surface area contributed by atoms with Crippen molar-refractivity contribution >= 4 is 16.9 Å². The molecule has 2 unspecified atom stereocenters. The molecule has 0 saturated heterocycles. The molecule has 0 saturated carbocycles. The van der Waals surface area contributed by atoms with Gasteiger partial charge < -0.3 is 14.2 Å². The minimum atomic E-state index is -2.34. The fraction of sp³-hybridized carbons (Fsp3) is 0.600. The first-order valence-electron chi connectivity index (χ1n) is 5.54. The van der Waals surface area contributed by atoms with Crippen molar-refractivity contribution in [3.8, 4) is 0 Å². The molecule has 100 valence electrons. The van der Waals surface area contributed by atoms with E-state index in [0.29, 0.717) is 11.5 Å². The van der Waals surface area contributed by atoms with Crippen LogP contribution in [0.1, 0.15) is 45.3 Å². The molecule has 2 aromatic rings. The smallest absolute Gasteiger partial charge is 0.0615 e. The summed E-state index contributed by atoms with van der Waals surface area (Å²) in [6.45, 7) is 7.85. The van der Waals surface area contributed by atoms with E-state index in [1.165, 1.54) is 0 Å². The number of aromatic nitrogens is 4. The Hall–Kier alpha value is -1.25. The molecule has 18 heavy (non-hydrogen) atoms. The number of hydrogen-bond donors (Lipinski definition) is 1. The number of nitrogens with one attached hydrogen (secondary N) is 1. The highest BCUT2D eigenvalue weighted by molar-refractivity contribution is 7.77. The van der Waals surface area contributed by atoms with Crippen LogP contribution in [0.25, 0.3) is 5.65 Å². The molecule has 0 amide bonds. The molecule has 2 rings (SSSR count). The Balaban J connectivity index is 2.41. The van der Waals surface area contributed by atoms with Crippen molar-refractivity contribution in [2.24, 2.45) is 0 Å². The summed E-state index contributed by atoms with van der Waals surface area (Å²) >= 11 is -2.34. The molecule has 0 aromatic carbocycles. The standard InChI is InChI=1S/C10H16N5O2S/c1-6(14-18(16)17)9-12-11-8-5-7(10(2,3)4)13-15(8)9/h5-6,14H,1-4H3,(H,16,17)/q-1/p-1. The highest BCUT2D eigenvalue weighted by atomic mass is 32.2. The van der Waals surface area contributed by atoms with Crippen molar-refractivity contribution in [3.63, 3.8) is 0 Å². The number of rotatable bonds is 3. The van der Waals surface area contributed by atoms with Gasteiger partial charge >= 0.3 is 0 Å². The molecule has 2 heterocycles. The molecule has 0 aliphatic heterocycles. The van der Waals surface area contributed by atoms with Gasteiger partial charge in [-0.2, -0.15) is 0 Å². The summed E-state index contributed by atoms with van der Waals surface area (Å²) in [6, 6.07) is 1.39. The molecule has 0 spiro atoms. The third-order valence-electron chi connectivity index (χ3n) is 2.59. The van der Waals surface area contributed by atoms with Crippen molar-refractivity contribution in [2.45, 2.75) is 39.2 Å². The van der Waals surface area contributed by atoms with Gasteiger partial charge in [0.15, 0.2) is 0 Å². The van der Waals surface area contributed by atoms with E-state index in [-0.39, 0.29) is 5.41 Å². The van der Waals surface area contributed by atoms with Crippen LogP contribution in [0.3, 0.4) is 0 Å². The molecule has 0 aliphatic rings. The zero-order chi connectivity index (χ0) is 13.5. The summed E-state index contributed by atoms with van der Waals surface area (Å²) < 4.78 is 25.1. The van der Waals surface area contributed by atoms with Crippen molar-refractivity contribution < 1.29 is 8.76 Å². The van der Waals surface area contributed by atoms with E-state index < -0.39 is 17.3 Å². The Bertz CT molecular complexity index is 583. The molecule has 1 N–H and O–H groups in total. The summed E-state index contributed by atoms with van der Waals surface area (Å²) in [5.74, 6) is 0.477. The molecule has 0 bridgehead atoms. The molecule has 2 atom stereocenters. The second-order valence-electron chi connectivity index (χ2n) is 5.18. The van der Waals surface area contributed by atoms with Crippen molar-refractivity contribution in [2.75, 3.05) is 0 Å². The van der Waals surface area contributed by atoms with Crippen LogP contribution in [0, 0.1) is 0 Å². The van der Waals surface area contributed by atoms with Gasteiger partial charge in [-0.15, -0.1) is 0 Å². The lowest BCUT2D eigenvalue weighted by molar-refractivity contribution is 0.503. The van der Waals surface area contributed by atoms with E-state index >= 15 is 0 Å². The van der Waals surface area contributed by atoms with E-state index in [1.54, 1.807) is 11.4 Å². The molecular formula is C10H15N5O2S-2. The third-order valence-corrected chi connectivity index (χ3v) is 3.14. The van der Waals surface area contributed by atoms with E-state index in [0.717, 1.165) is 5.69 Å². The number of nitrogens with zero attached hydrogens (tertiary/aromatic N) is 4. The second kappa shape index (κ2) is 4.45. The highest BCUT2D eigenvalue weighted by Crippen LogP contribution is 2.22. The molecular weight excluding hydrogens is 254 g/mol. The quantitative estimate of drug-likeness (QED) is 0.815. The Morgan fingerprint density at radius 3 is 2.78 bits per heavy atom. The van der Waals surface area contributed by atoms with E-state index in [2.05, 4.69) is 40.8 Å². The third kappa shape index (κ3) is 2.45. The summed E-state index contributed by atoms with van der Waals surface area (Å²) in [5.41, 5.74) is 1.43. The van der Waals surface area contributed by atoms with Gasteiger partial charge in [-0.3, -0.25) is 14.4 Å². The van der Waals surface area contributed by atoms with Gasteiger partial charge in [0.2, 0.25) is 0 Å². The molecule has 0 fully saturated rings. The SMILES string of the molecule is CC(NS(=O)[O-])c1n[n-]c2cc(C(C)(C)C)nn12. The largest absolute Gasteiger partial charge is 0.760 e. The first kappa shape index (κ1) is 13.2. The average molecular weight is 269 g/mol. The first-order valence-corrected chi connectivity index (χ1v) is 6.61. The van der Waals surface area contributed by atoms with E-state index in [9.17, 15) is 8.76 Å². The average Bonchev–Trinajstić information content (AvgIpc) is 2.71. The zero-order valence-corrected chi connectivity index (χ0v) is 11.5. The lowest BCUT2D eigenvalue weighted by Crippen LogP contribution is -2.23. The molecule has 2 aromatic heterocycles. The molecule has 7 nitrogen and oxygen atoms in total. The predicted molar refractivity (Wildman–Crippen MR) is 65.5 cm³/mol.